The highest BCUT2D eigenvalue weighted by molar-refractivity contribution is 5.77. The Morgan fingerprint density at radius 1 is 0.893 bits per heavy atom. The van der Waals surface area contributed by atoms with Crippen molar-refractivity contribution < 1.29 is 0 Å². The van der Waals surface area contributed by atoms with Crippen molar-refractivity contribution in [2.45, 2.75) is 46.5 Å². The van der Waals surface area contributed by atoms with Crippen LogP contribution < -0.4 is 0 Å². The molecule has 4 heteroatoms. The third kappa shape index (κ3) is 5.26. The van der Waals surface area contributed by atoms with Crippen LogP contribution in [0.25, 0.3) is 22.3 Å². The molecule has 4 rings (SSSR count). The molecule has 144 valence electrons. The lowest BCUT2D eigenvalue weighted by Gasteiger charge is -2.00. The quantitative estimate of drug-likeness (QED) is 0.473. The minimum atomic E-state index is 0.770. The molecule has 4 aromatic rings. The Balaban J connectivity index is 0.000000516. The predicted molar refractivity (Wildman–Crippen MR) is 116 cm³/mol. The van der Waals surface area contributed by atoms with Gasteiger partial charge in [0.2, 0.25) is 0 Å². The fourth-order valence-corrected chi connectivity index (χ4v) is 2.90. The van der Waals surface area contributed by atoms with Gasteiger partial charge in [-0.15, -0.1) is 0 Å². The lowest BCUT2D eigenvalue weighted by molar-refractivity contribution is 0.886. The van der Waals surface area contributed by atoms with E-state index in [4.69, 9.17) is 0 Å². The highest BCUT2D eigenvalue weighted by Gasteiger charge is 2.07. The molecule has 1 N–H and O–H groups in total. The summed E-state index contributed by atoms with van der Waals surface area (Å²) in [6.45, 7) is 6.48. The minimum absolute atomic E-state index is 0.770. The Morgan fingerprint density at radius 3 is 2.39 bits per heavy atom. The molecule has 0 aliphatic carbocycles. The molecule has 0 aliphatic rings. The maximum atomic E-state index is 4.61. The molecule has 28 heavy (non-hydrogen) atoms. The van der Waals surface area contributed by atoms with Crippen molar-refractivity contribution in [3.8, 4) is 11.1 Å². The number of unbranched alkanes of at least 4 members (excludes halogenated alkanes) is 1. The van der Waals surface area contributed by atoms with Crippen molar-refractivity contribution in [2.24, 2.45) is 0 Å². The molecular weight excluding hydrogens is 344 g/mol. The molecule has 0 saturated carbocycles. The smallest absolute Gasteiger partial charge is 0.177 e. The van der Waals surface area contributed by atoms with Crippen LogP contribution in [0.1, 0.15) is 43.6 Å². The summed E-state index contributed by atoms with van der Waals surface area (Å²) in [5, 5.41) is 0. The molecule has 1 aromatic carbocycles. The number of hydrogen-bond donors (Lipinski definition) is 1. The minimum Gasteiger partial charge on any atom is -0.341 e. The van der Waals surface area contributed by atoms with Crippen molar-refractivity contribution in [3.05, 3.63) is 78.0 Å². The summed E-state index contributed by atoms with van der Waals surface area (Å²) in [5.74, 6) is 0.978. The van der Waals surface area contributed by atoms with Gasteiger partial charge in [0.1, 0.15) is 5.82 Å². The fraction of sp³-hybridized carbons (Fsp3) is 0.292. The Kier molecular flexibility index (Phi) is 6.90. The van der Waals surface area contributed by atoms with Gasteiger partial charge in [0.15, 0.2) is 5.65 Å². The molecule has 0 saturated heterocycles. The molecule has 0 amide bonds. The molecule has 3 heterocycles. The maximum absolute atomic E-state index is 4.61. The first-order chi connectivity index (χ1) is 13.7. The van der Waals surface area contributed by atoms with Crippen molar-refractivity contribution in [1.82, 2.24) is 19.9 Å². The lowest BCUT2D eigenvalue weighted by atomic mass is 10.1. The third-order valence-electron chi connectivity index (χ3n) is 4.63. The number of aromatic amines is 1. The number of nitrogens with zero attached hydrogens (tertiary/aromatic N) is 3. The van der Waals surface area contributed by atoms with Gasteiger partial charge >= 0.3 is 0 Å². The van der Waals surface area contributed by atoms with Crippen LogP contribution >= 0.6 is 0 Å². The van der Waals surface area contributed by atoms with Crippen LogP contribution in [-0.2, 0) is 12.8 Å². The summed E-state index contributed by atoms with van der Waals surface area (Å²) in [6, 6.07) is 14.7. The molecular formula is C24H28N4. The Labute approximate surface area is 167 Å². The summed E-state index contributed by atoms with van der Waals surface area (Å²) >= 11 is 0. The van der Waals surface area contributed by atoms with Gasteiger partial charge in [-0.25, -0.2) is 9.97 Å². The first-order valence-corrected chi connectivity index (χ1v) is 10.00. The Hall–Kier alpha value is -3.01. The molecule has 0 bridgehead atoms. The number of hydrogen-bond acceptors (Lipinski definition) is 3. The highest BCUT2D eigenvalue weighted by Crippen LogP contribution is 2.21. The second-order valence-electron chi connectivity index (χ2n) is 7.00. The molecule has 0 spiro atoms. The second-order valence-corrected chi connectivity index (χ2v) is 7.00. The molecule has 0 atom stereocenters. The molecule has 4 nitrogen and oxygen atoms in total. The largest absolute Gasteiger partial charge is 0.341 e. The van der Waals surface area contributed by atoms with E-state index in [9.17, 15) is 0 Å². The second kappa shape index (κ2) is 9.79. The topological polar surface area (TPSA) is 54.5 Å². The van der Waals surface area contributed by atoms with Gasteiger partial charge < -0.3 is 4.98 Å². The highest BCUT2D eigenvalue weighted by atomic mass is 15.0. The average molecular weight is 373 g/mol. The van der Waals surface area contributed by atoms with E-state index in [0.717, 1.165) is 41.0 Å². The number of imidazole rings is 1. The zero-order chi connectivity index (χ0) is 19.8. The van der Waals surface area contributed by atoms with Gasteiger partial charge in [-0.05, 0) is 42.7 Å². The Bertz CT molecular complexity index is 1000. The SMILES string of the molecule is CCCC.Cc1cccc(CCc2nc3ncc(-c4ccncc4)cc3[nH]2)c1. The van der Waals surface area contributed by atoms with Crippen LogP contribution in [-0.4, -0.2) is 19.9 Å². The normalized spacial score (nSPS) is 10.5. The van der Waals surface area contributed by atoms with E-state index in [0.29, 0.717) is 0 Å². The number of benzene rings is 1. The fourth-order valence-electron chi connectivity index (χ4n) is 2.90. The lowest BCUT2D eigenvalue weighted by Crippen LogP contribution is -1.93. The van der Waals surface area contributed by atoms with Crippen molar-refractivity contribution in [2.75, 3.05) is 0 Å². The average Bonchev–Trinajstić information content (AvgIpc) is 3.15. The number of aryl methyl sites for hydroxylation is 3. The van der Waals surface area contributed by atoms with Gasteiger partial charge in [0.25, 0.3) is 0 Å². The standard InChI is InChI=1S/C20H18N4.C4H10/c1-14-3-2-4-15(11-14)5-6-19-23-18-12-17(13-22-20(18)24-19)16-7-9-21-10-8-16;1-3-4-2/h2-4,7-13H,5-6H2,1H3,(H,22,23,24);3-4H2,1-2H3. The van der Waals surface area contributed by atoms with E-state index < -0.39 is 0 Å². The molecule has 0 radical (unpaired) electrons. The van der Waals surface area contributed by atoms with E-state index in [1.54, 1.807) is 12.4 Å². The number of aromatic nitrogens is 4. The summed E-state index contributed by atoms with van der Waals surface area (Å²) in [6.07, 6.45) is 9.94. The van der Waals surface area contributed by atoms with Gasteiger partial charge in [-0.1, -0.05) is 56.5 Å². The maximum Gasteiger partial charge on any atom is 0.177 e. The molecule has 0 fully saturated rings. The first-order valence-electron chi connectivity index (χ1n) is 10.00. The zero-order valence-electron chi connectivity index (χ0n) is 16.9. The van der Waals surface area contributed by atoms with Gasteiger partial charge in [0.05, 0.1) is 5.52 Å². The van der Waals surface area contributed by atoms with Crippen molar-refractivity contribution >= 4 is 11.2 Å². The van der Waals surface area contributed by atoms with Crippen LogP contribution in [0.15, 0.2) is 61.1 Å². The van der Waals surface area contributed by atoms with Crippen LogP contribution in [0.5, 0.6) is 0 Å². The van der Waals surface area contributed by atoms with Crippen molar-refractivity contribution in [3.63, 3.8) is 0 Å². The first kappa shape index (κ1) is 19.7. The van der Waals surface area contributed by atoms with Crippen LogP contribution in [0, 0.1) is 6.92 Å². The van der Waals surface area contributed by atoms with Gasteiger partial charge in [-0.2, -0.15) is 0 Å². The Morgan fingerprint density at radius 2 is 1.68 bits per heavy atom. The van der Waals surface area contributed by atoms with E-state index in [1.807, 2.05) is 18.3 Å². The number of nitrogens with one attached hydrogen (secondary N) is 1. The van der Waals surface area contributed by atoms with E-state index in [-0.39, 0.29) is 0 Å². The molecule has 0 unspecified atom stereocenters. The van der Waals surface area contributed by atoms with Crippen LogP contribution in [0.2, 0.25) is 0 Å². The van der Waals surface area contributed by atoms with Crippen LogP contribution in [0.4, 0.5) is 0 Å². The summed E-state index contributed by atoms with van der Waals surface area (Å²) in [7, 11) is 0. The molecule has 3 aromatic heterocycles. The van der Waals surface area contributed by atoms with Crippen molar-refractivity contribution in [1.29, 1.82) is 0 Å². The van der Waals surface area contributed by atoms with E-state index in [2.05, 4.69) is 71.0 Å². The summed E-state index contributed by atoms with van der Waals surface area (Å²) in [5.41, 5.74) is 6.55. The van der Waals surface area contributed by atoms with Gasteiger partial charge in [0, 0.05) is 30.6 Å². The zero-order valence-corrected chi connectivity index (χ0v) is 16.9. The third-order valence-corrected chi connectivity index (χ3v) is 4.63. The number of H-pyrrole nitrogens is 1. The van der Waals surface area contributed by atoms with E-state index >= 15 is 0 Å². The monoisotopic (exact) mass is 372 g/mol. The number of pyridine rings is 2. The van der Waals surface area contributed by atoms with Crippen LogP contribution in [0.3, 0.4) is 0 Å². The van der Waals surface area contributed by atoms with E-state index in [1.165, 1.54) is 24.0 Å². The molecule has 0 aliphatic heterocycles. The summed E-state index contributed by atoms with van der Waals surface area (Å²) in [4.78, 5) is 16.5. The summed E-state index contributed by atoms with van der Waals surface area (Å²) < 4.78 is 0. The van der Waals surface area contributed by atoms with Gasteiger partial charge in [-0.3, -0.25) is 4.98 Å². The number of fused-ring (bicyclic) bond motifs is 1. The predicted octanol–water partition coefficient (Wildman–Crippen LogP) is 5.92. The number of rotatable bonds is 5.